The summed E-state index contributed by atoms with van der Waals surface area (Å²) in [6.07, 6.45) is 0. The average molecular weight is 406 g/mol. The minimum absolute atomic E-state index is 0.147. The van der Waals surface area contributed by atoms with E-state index in [0.29, 0.717) is 0 Å². The minimum atomic E-state index is -0.147. The number of ether oxygens (including phenoxy) is 1. The largest absolute Gasteiger partial charge is 0.457 e. The van der Waals surface area contributed by atoms with Crippen LogP contribution in [-0.2, 0) is 10.9 Å². The fraction of sp³-hybridized carbons (Fsp3) is 0. The van der Waals surface area contributed by atoms with E-state index in [4.69, 9.17) is 4.74 Å². The van der Waals surface area contributed by atoms with E-state index >= 15 is 0 Å². The van der Waals surface area contributed by atoms with Crippen molar-refractivity contribution in [3.05, 3.63) is 127 Å². The van der Waals surface area contributed by atoms with E-state index in [1.54, 1.807) is 0 Å². The Morgan fingerprint density at radius 2 is 0.967 bits per heavy atom. The van der Waals surface area contributed by atoms with Crippen LogP contribution in [0.2, 0.25) is 0 Å². The fourth-order valence-electron chi connectivity index (χ4n) is 3.58. The minimum Gasteiger partial charge on any atom is -0.457 e. The normalized spacial score (nSPS) is 11.0. The molecule has 1 nitrogen and oxygen atoms in total. The summed E-state index contributed by atoms with van der Waals surface area (Å²) in [5.41, 5.74) is 0. The number of rotatable bonds is 5. The third-order valence-corrected chi connectivity index (χ3v) is 7.23. The summed E-state index contributed by atoms with van der Waals surface area (Å²) in [7, 11) is -0.147. The van der Waals surface area contributed by atoms with Crippen LogP contribution in [0.25, 0.3) is 10.8 Å². The van der Waals surface area contributed by atoms with E-state index in [1.807, 2.05) is 18.2 Å². The van der Waals surface area contributed by atoms with Crippen LogP contribution in [0, 0.1) is 0 Å². The maximum absolute atomic E-state index is 6.24. The molecular weight excluding hydrogens is 384 g/mol. The Labute approximate surface area is 179 Å². The van der Waals surface area contributed by atoms with Crippen molar-refractivity contribution in [2.75, 3.05) is 0 Å². The molecule has 0 spiro atoms. The molecule has 0 heterocycles. The van der Waals surface area contributed by atoms with E-state index < -0.39 is 0 Å². The number of hydrogen-bond donors (Lipinski definition) is 0. The molecule has 0 atom stereocenters. The first kappa shape index (κ1) is 18.5. The molecule has 144 valence electrons. The van der Waals surface area contributed by atoms with Gasteiger partial charge in [0.1, 0.15) is 11.5 Å². The topological polar surface area (TPSA) is 9.23 Å². The summed E-state index contributed by atoms with van der Waals surface area (Å²) >= 11 is 0. The van der Waals surface area contributed by atoms with Crippen molar-refractivity contribution in [3.63, 3.8) is 0 Å². The standard InChI is InChI=1S/C28H21OS/c1-3-12-24(13-4-1)30(25-14-5-2-6-15-25)26-20-18-23(19-21-26)29-28-17-9-11-22-10-7-8-16-27(22)28/h1-21H/q+1. The van der Waals surface area contributed by atoms with E-state index in [0.717, 1.165) is 16.9 Å². The van der Waals surface area contributed by atoms with Crippen LogP contribution < -0.4 is 4.74 Å². The molecule has 0 aliphatic carbocycles. The van der Waals surface area contributed by atoms with Crippen molar-refractivity contribution >= 4 is 21.7 Å². The second kappa shape index (κ2) is 8.48. The summed E-state index contributed by atoms with van der Waals surface area (Å²) in [5.74, 6) is 1.73. The third-order valence-electron chi connectivity index (χ3n) is 4.99. The van der Waals surface area contributed by atoms with E-state index in [2.05, 4.69) is 109 Å². The maximum Gasteiger partial charge on any atom is 0.166 e. The summed E-state index contributed by atoms with van der Waals surface area (Å²) in [5, 5.41) is 2.30. The van der Waals surface area contributed by atoms with Gasteiger partial charge in [-0.3, -0.25) is 0 Å². The lowest BCUT2D eigenvalue weighted by atomic mass is 10.1. The molecule has 5 rings (SSSR count). The highest BCUT2D eigenvalue weighted by Crippen LogP contribution is 2.34. The molecule has 0 N–H and O–H groups in total. The Balaban J connectivity index is 1.48. The monoisotopic (exact) mass is 405 g/mol. The van der Waals surface area contributed by atoms with E-state index in [-0.39, 0.29) is 10.9 Å². The Morgan fingerprint density at radius 1 is 0.433 bits per heavy atom. The van der Waals surface area contributed by atoms with E-state index in [9.17, 15) is 0 Å². The molecule has 0 unspecified atom stereocenters. The van der Waals surface area contributed by atoms with Crippen molar-refractivity contribution in [1.29, 1.82) is 0 Å². The first-order chi connectivity index (χ1) is 14.9. The Morgan fingerprint density at radius 3 is 1.63 bits per heavy atom. The van der Waals surface area contributed by atoms with Gasteiger partial charge in [0.2, 0.25) is 0 Å². The molecule has 5 aromatic carbocycles. The van der Waals surface area contributed by atoms with Crippen molar-refractivity contribution in [3.8, 4) is 11.5 Å². The molecule has 0 saturated carbocycles. The van der Waals surface area contributed by atoms with Gasteiger partial charge in [-0.2, -0.15) is 0 Å². The molecule has 0 fully saturated rings. The molecule has 0 aromatic heterocycles. The second-order valence-electron chi connectivity index (χ2n) is 6.98. The smallest absolute Gasteiger partial charge is 0.166 e. The molecule has 0 amide bonds. The number of benzene rings is 5. The Kier molecular flexibility index (Phi) is 5.24. The summed E-state index contributed by atoms with van der Waals surface area (Å²) in [4.78, 5) is 3.90. The van der Waals surface area contributed by atoms with Crippen LogP contribution in [0.5, 0.6) is 11.5 Å². The molecule has 5 aromatic rings. The SMILES string of the molecule is c1ccc([S+](c2ccccc2)c2ccc(Oc3cccc4ccccc34)cc2)cc1. The molecule has 0 bridgehead atoms. The lowest BCUT2D eigenvalue weighted by Gasteiger charge is -2.11. The quantitative estimate of drug-likeness (QED) is 0.272. The first-order valence-corrected chi connectivity index (χ1v) is 11.2. The first-order valence-electron chi connectivity index (χ1n) is 9.98. The molecule has 30 heavy (non-hydrogen) atoms. The van der Waals surface area contributed by atoms with Gasteiger partial charge in [0.25, 0.3) is 0 Å². The highest BCUT2D eigenvalue weighted by Gasteiger charge is 2.28. The summed E-state index contributed by atoms with van der Waals surface area (Å²) < 4.78 is 6.24. The van der Waals surface area contributed by atoms with Crippen molar-refractivity contribution in [1.82, 2.24) is 0 Å². The highest BCUT2D eigenvalue weighted by atomic mass is 32.2. The van der Waals surface area contributed by atoms with Gasteiger partial charge in [-0.15, -0.1) is 0 Å². The number of fused-ring (bicyclic) bond motifs is 1. The third kappa shape index (κ3) is 3.83. The van der Waals surface area contributed by atoms with Crippen LogP contribution in [0.15, 0.2) is 142 Å². The predicted octanol–water partition coefficient (Wildman–Crippen LogP) is 7.73. The van der Waals surface area contributed by atoms with Crippen LogP contribution in [0.3, 0.4) is 0 Å². The second-order valence-corrected chi connectivity index (χ2v) is 9.01. The van der Waals surface area contributed by atoms with Crippen LogP contribution in [0.1, 0.15) is 0 Å². The van der Waals surface area contributed by atoms with Crippen LogP contribution >= 0.6 is 0 Å². The van der Waals surface area contributed by atoms with Crippen molar-refractivity contribution < 1.29 is 4.74 Å². The Hall–Kier alpha value is -3.49. The zero-order valence-electron chi connectivity index (χ0n) is 16.4. The van der Waals surface area contributed by atoms with Gasteiger partial charge in [0.15, 0.2) is 14.7 Å². The van der Waals surface area contributed by atoms with Gasteiger partial charge in [0.05, 0.1) is 10.9 Å². The zero-order valence-corrected chi connectivity index (χ0v) is 17.3. The molecular formula is C28H21OS+. The van der Waals surface area contributed by atoms with Crippen LogP contribution in [0.4, 0.5) is 0 Å². The molecule has 2 heteroatoms. The van der Waals surface area contributed by atoms with Crippen molar-refractivity contribution in [2.24, 2.45) is 0 Å². The van der Waals surface area contributed by atoms with E-state index in [1.165, 1.54) is 20.1 Å². The molecule has 0 saturated heterocycles. The fourth-order valence-corrected chi connectivity index (χ4v) is 5.66. The number of hydrogen-bond acceptors (Lipinski definition) is 1. The van der Waals surface area contributed by atoms with Gasteiger partial charge < -0.3 is 4.74 Å². The van der Waals surface area contributed by atoms with Gasteiger partial charge in [-0.1, -0.05) is 72.8 Å². The zero-order chi connectivity index (χ0) is 20.2. The molecule has 0 radical (unpaired) electrons. The molecule has 0 aliphatic rings. The summed E-state index contributed by atoms with van der Waals surface area (Å²) in [6.45, 7) is 0. The lowest BCUT2D eigenvalue weighted by molar-refractivity contribution is 0.488. The van der Waals surface area contributed by atoms with Crippen molar-refractivity contribution in [2.45, 2.75) is 14.7 Å². The average Bonchev–Trinajstić information content (AvgIpc) is 2.82. The van der Waals surface area contributed by atoms with Gasteiger partial charge >= 0.3 is 0 Å². The predicted molar refractivity (Wildman–Crippen MR) is 126 cm³/mol. The highest BCUT2D eigenvalue weighted by molar-refractivity contribution is 7.97. The van der Waals surface area contributed by atoms with Gasteiger partial charge in [0, 0.05) is 5.39 Å². The summed E-state index contributed by atoms with van der Waals surface area (Å²) in [6, 6.07) is 44.4. The Bertz CT molecular complexity index is 1200. The maximum atomic E-state index is 6.24. The van der Waals surface area contributed by atoms with Crippen LogP contribution in [-0.4, -0.2) is 0 Å². The molecule has 0 aliphatic heterocycles. The lowest BCUT2D eigenvalue weighted by Crippen LogP contribution is -2.04. The van der Waals surface area contributed by atoms with Gasteiger partial charge in [-0.05, 0) is 60.0 Å². The van der Waals surface area contributed by atoms with Gasteiger partial charge in [-0.25, -0.2) is 0 Å².